The number of alkyl halides is 1. The Labute approximate surface area is 209 Å². The van der Waals surface area contributed by atoms with Crippen molar-refractivity contribution in [3.8, 4) is 23.0 Å². The third-order valence-electron chi connectivity index (χ3n) is 6.85. The Bertz CT molecular complexity index is 1270. The predicted octanol–water partition coefficient (Wildman–Crippen LogP) is 5.88. The van der Waals surface area contributed by atoms with E-state index in [1.807, 2.05) is 31.2 Å². The summed E-state index contributed by atoms with van der Waals surface area (Å²) in [4.78, 5) is 2.18. The molecule has 0 bridgehead atoms. The fraction of sp³-hybridized carbons (Fsp3) is 0.310. The summed E-state index contributed by atoms with van der Waals surface area (Å²) in [6.45, 7) is 4.61. The molecule has 0 aromatic heterocycles. The summed E-state index contributed by atoms with van der Waals surface area (Å²) < 4.78 is 44.3. The Morgan fingerprint density at radius 3 is 2.56 bits per heavy atom. The highest BCUT2D eigenvalue weighted by atomic mass is 19.1. The lowest BCUT2D eigenvalue weighted by Crippen LogP contribution is -2.49. The Balaban J connectivity index is 1.41. The molecule has 1 N–H and O–H groups in total. The predicted molar refractivity (Wildman–Crippen MR) is 135 cm³/mol. The van der Waals surface area contributed by atoms with Crippen LogP contribution in [0.15, 0.2) is 60.7 Å². The normalized spacial score (nSPS) is 17.8. The van der Waals surface area contributed by atoms with E-state index in [9.17, 15) is 13.9 Å². The first-order valence-electron chi connectivity index (χ1n) is 12.0. The van der Waals surface area contributed by atoms with Crippen molar-refractivity contribution in [2.24, 2.45) is 5.92 Å². The summed E-state index contributed by atoms with van der Waals surface area (Å²) in [5, 5.41) is 10.1. The van der Waals surface area contributed by atoms with Crippen LogP contribution in [0, 0.1) is 11.7 Å². The van der Waals surface area contributed by atoms with Crippen molar-refractivity contribution < 1.29 is 28.1 Å². The second-order valence-corrected chi connectivity index (χ2v) is 9.26. The minimum absolute atomic E-state index is 0.145. The molecule has 0 spiro atoms. The molecule has 1 saturated heterocycles. The van der Waals surface area contributed by atoms with Gasteiger partial charge in [-0.15, -0.1) is 0 Å². The zero-order chi connectivity index (χ0) is 25.2. The van der Waals surface area contributed by atoms with Gasteiger partial charge >= 0.3 is 0 Å². The van der Waals surface area contributed by atoms with Gasteiger partial charge in [0, 0.05) is 36.7 Å². The standard InChI is InChI=1S/C29H29F2NO4/c1-18-24-14-22(33)6-10-26(24)36-29(28(18)21-5-9-25(31)27(13-21)34-2)20-3-7-23(8-4-20)35-12-11-32-16-19(15-30)17-32/h3-10,13-14,19,29,33H,11-12,15-17H2,1-2H3/t29-/m0/s1. The SMILES string of the molecule is COc1cc(C2=C(C)c3cc(O)ccc3O[C@H]2c2ccc(OCCN3CC(CF)C3)cc2)ccc1F. The van der Waals surface area contributed by atoms with E-state index in [0.717, 1.165) is 53.2 Å². The number of halogens is 2. The minimum atomic E-state index is -0.454. The van der Waals surface area contributed by atoms with Crippen LogP contribution in [0.1, 0.15) is 29.7 Å². The average molecular weight is 494 g/mol. The van der Waals surface area contributed by atoms with Crippen molar-refractivity contribution in [1.29, 1.82) is 0 Å². The summed E-state index contributed by atoms with van der Waals surface area (Å²) >= 11 is 0. The maximum atomic E-state index is 14.2. The highest BCUT2D eigenvalue weighted by Gasteiger charge is 2.30. The summed E-state index contributed by atoms with van der Waals surface area (Å²) in [7, 11) is 1.44. The van der Waals surface area contributed by atoms with Gasteiger partial charge in [0.2, 0.25) is 0 Å². The van der Waals surface area contributed by atoms with Gasteiger partial charge in [-0.2, -0.15) is 0 Å². The van der Waals surface area contributed by atoms with E-state index >= 15 is 0 Å². The van der Waals surface area contributed by atoms with Crippen LogP contribution in [0.5, 0.6) is 23.0 Å². The monoisotopic (exact) mass is 493 g/mol. The quantitative estimate of drug-likeness (QED) is 0.425. The van der Waals surface area contributed by atoms with Crippen LogP contribution in [-0.4, -0.2) is 50.0 Å². The van der Waals surface area contributed by atoms with Crippen molar-refractivity contribution in [3.63, 3.8) is 0 Å². The largest absolute Gasteiger partial charge is 0.508 e. The number of aromatic hydroxyl groups is 1. The van der Waals surface area contributed by atoms with Gasteiger partial charge in [0.15, 0.2) is 11.6 Å². The lowest BCUT2D eigenvalue weighted by atomic mass is 9.86. The molecule has 3 aromatic rings. The average Bonchev–Trinajstić information content (AvgIpc) is 2.86. The van der Waals surface area contributed by atoms with E-state index in [0.29, 0.717) is 12.4 Å². The molecule has 1 atom stereocenters. The highest BCUT2D eigenvalue weighted by Crippen LogP contribution is 2.48. The van der Waals surface area contributed by atoms with E-state index in [4.69, 9.17) is 14.2 Å². The molecule has 0 unspecified atom stereocenters. The summed E-state index contributed by atoms with van der Waals surface area (Å²) in [6.07, 6.45) is -0.454. The second-order valence-electron chi connectivity index (χ2n) is 9.26. The maximum absolute atomic E-state index is 14.2. The van der Waals surface area contributed by atoms with E-state index in [1.54, 1.807) is 30.3 Å². The molecule has 2 aliphatic rings. The van der Waals surface area contributed by atoms with Gasteiger partial charge < -0.3 is 19.3 Å². The van der Waals surface area contributed by atoms with Gasteiger partial charge in [0.1, 0.15) is 30.0 Å². The molecule has 1 fully saturated rings. The number of allylic oxidation sites excluding steroid dienone is 1. The molecular weight excluding hydrogens is 464 g/mol. The van der Waals surface area contributed by atoms with Crippen molar-refractivity contribution in [3.05, 3.63) is 83.2 Å². The van der Waals surface area contributed by atoms with Gasteiger partial charge in [-0.05, 0) is 66.1 Å². The molecule has 0 radical (unpaired) electrons. The number of benzene rings is 3. The van der Waals surface area contributed by atoms with E-state index in [1.165, 1.54) is 13.2 Å². The molecule has 0 amide bonds. The number of nitrogens with zero attached hydrogens (tertiary/aromatic N) is 1. The lowest BCUT2D eigenvalue weighted by Gasteiger charge is -2.37. The van der Waals surface area contributed by atoms with Gasteiger partial charge in [-0.1, -0.05) is 18.2 Å². The van der Waals surface area contributed by atoms with Crippen LogP contribution < -0.4 is 14.2 Å². The molecule has 2 heterocycles. The topological polar surface area (TPSA) is 51.2 Å². The van der Waals surface area contributed by atoms with Crippen LogP contribution in [0.3, 0.4) is 0 Å². The summed E-state index contributed by atoms with van der Waals surface area (Å²) in [6, 6.07) is 17.5. The Morgan fingerprint density at radius 2 is 1.83 bits per heavy atom. The number of methoxy groups -OCH3 is 1. The van der Waals surface area contributed by atoms with Crippen molar-refractivity contribution in [2.45, 2.75) is 13.0 Å². The Morgan fingerprint density at radius 1 is 1.06 bits per heavy atom. The molecule has 0 aliphatic carbocycles. The van der Waals surface area contributed by atoms with Gasteiger partial charge in [-0.3, -0.25) is 9.29 Å². The van der Waals surface area contributed by atoms with E-state index in [2.05, 4.69) is 4.90 Å². The first-order valence-corrected chi connectivity index (χ1v) is 12.0. The number of likely N-dealkylation sites (tertiary alicyclic amines) is 1. The van der Waals surface area contributed by atoms with Crippen LogP contribution >= 0.6 is 0 Å². The highest BCUT2D eigenvalue weighted by molar-refractivity contribution is 5.95. The number of fused-ring (bicyclic) bond motifs is 1. The molecular formula is C29H29F2NO4. The Kier molecular flexibility index (Phi) is 6.83. The van der Waals surface area contributed by atoms with Gasteiger partial charge in [0.05, 0.1) is 13.8 Å². The molecule has 5 nitrogen and oxygen atoms in total. The van der Waals surface area contributed by atoms with Crippen LogP contribution in [0.2, 0.25) is 0 Å². The smallest absolute Gasteiger partial charge is 0.165 e. The fourth-order valence-corrected chi connectivity index (χ4v) is 4.86. The molecule has 36 heavy (non-hydrogen) atoms. The zero-order valence-corrected chi connectivity index (χ0v) is 20.3. The number of rotatable bonds is 8. The summed E-state index contributed by atoms with van der Waals surface area (Å²) in [5.74, 6) is 1.43. The molecule has 7 heteroatoms. The zero-order valence-electron chi connectivity index (χ0n) is 20.3. The van der Waals surface area contributed by atoms with Crippen LogP contribution in [0.25, 0.3) is 11.1 Å². The molecule has 2 aliphatic heterocycles. The Hall–Kier alpha value is -3.58. The maximum Gasteiger partial charge on any atom is 0.165 e. The fourth-order valence-electron chi connectivity index (χ4n) is 4.86. The van der Waals surface area contributed by atoms with E-state index in [-0.39, 0.29) is 24.1 Å². The van der Waals surface area contributed by atoms with Gasteiger partial charge in [0.25, 0.3) is 0 Å². The van der Waals surface area contributed by atoms with E-state index < -0.39 is 11.9 Å². The third-order valence-corrected chi connectivity index (χ3v) is 6.85. The van der Waals surface area contributed by atoms with Crippen LogP contribution in [-0.2, 0) is 0 Å². The number of phenolic OH excluding ortho intramolecular Hbond substituents is 1. The molecule has 0 saturated carbocycles. The first kappa shape index (κ1) is 24.1. The lowest BCUT2D eigenvalue weighted by molar-refractivity contribution is 0.0668. The third kappa shape index (κ3) is 4.75. The molecule has 188 valence electrons. The molecule has 3 aromatic carbocycles. The van der Waals surface area contributed by atoms with Crippen molar-refractivity contribution in [2.75, 3.05) is 40.0 Å². The minimum Gasteiger partial charge on any atom is -0.508 e. The number of phenols is 1. The van der Waals surface area contributed by atoms with Crippen molar-refractivity contribution in [1.82, 2.24) is 4.90 Å². The van der Waals surface area contributed by atoms with Gasteiger partial charge in [-0.25, -0.2) is 4.39 Å². The first-order chi connectivity index (χ1) is 17.5. The second kappa shape index (κ2) is 10.2. The number of ether oxygens (including phenoxy) is 3. The molecule has 5 rings (SSSR count). The number of hydrogen-bond acceptors (Lipinski definition) is 5. The van der Waals surface area contributed by atoms with Crippen LogP contribution in [0.4, 0.5) is 8.78 Å². The van der Waals surface area contributed by atoms with Crippen molar-refractivity contribution >= 4 is 11.1 Å². The summed E-state index contributed by atoms with van der Waals surface area (Å²) in [5.41, 5.74) is 4.25. The number of hydrogen-bond donors (Lipinski definition) is 1.